The van der Waals surface area contributed by atoms with Crippen molar-refractivity contribution in [3.05, 3.63) is 41.7 Å². The summed E-state index contributed by atoms with van der Waals surface area (Å²) < 4.78 is 7.18. The number of aryl methyl sites for hydroxylation is 2. The first-order chi connectivity index (χ1) is 8.72. The van der Waals surface area contributed by atoms with Gasteiger partial charge in [-0.25, -0.2) is 4.98 Å². The highest BCUT2D eigenvalue weighted by Gasteiger charge is 2.06. The quantitative estimate of drug-likeness (QED) is 0.611. The molecular formula is C14H18N2OS. The lowest BCUT2D eigenvalue weighted by Gasteiger charge is -2.09. The van der Waals surface area contributed by atoms with E-state index in [0.717, 1.165) is 23.2 Å². The number of imidazole rings is 1. The van der Waals surface area contributed by atoms with Gasteiger partial charge in [-0.05, 0) is 37.1 Å². The van der Waals surface area contributed by atoms with Crippen molar-refractivity contribution in [2.24, 2.45) is 0 Å². The van der Waals surface area contributed by atoms with Crippen LogP contribution in [0.15, 0.2) is 35.7 Å². The van der Waals surface area contributed by atoms with Gasteiger partial charge >= 0.3 is 0 Å². The molecule has 18 heavy (non-hydrogen) atoms. The molecule has 0 bridgehead atoms. The fraction of sp³-hybridized carbons (Fsp3) is 0.357. The Kier molecular flexibility index (Phi) is 4.44. The maximum atomic E-state index is 5.06. The van der Waals surface area contributed by atoms with E-state index in [4.69, 9.17) is 4.74 Å². The monoisotopic (exact) mass is 262 g/mol. The second-order valence-corrected chi connectivity index (χ2v) is 5.25. The van der Waals surface area contributed by atoms with E-state index >= 15 is 0 Å². The lowest BCUT2D eigenvalue weighted by Crippen LogP contribution is -1.99. The van der Waals surface area contributed by atoms with Crippen LogP contribution in [0.3, 0.4) is 0 Å². The summed E-state index contributed by atoms with van der Waals surface area (Å²) in [6.45, 7) is 5.00. The zero-order chi connectivity index (χ0) is 13.0. The van der Waals surface area contributed by atoms with Crippen molar-refractivity contribution in [3.63, 3.8) is 0 Å². The Labute approximate surface area is 112 Å². The number of rotatable bonds is 5. The third-order valence-corrected chi connectivity index (χ3v) is 3.83. The smallest absolute Gasteiger partial charge is 0.172 e. The summed E-state index contributed by atoms with van der Waals surface area (Å²) in [5, 5.41) is 1.01. The van der Waals surface area contributed by atoms with Gasteiger partial charge in [-0.15, -0.1) is 0 Å². The SMILES string of the molecule is COCCSc1nccn1-c1ccc(C)c(C)c1. The summed E-state index contributed by atoms with van der Waals surface area (Å²) in [6, 6.07) is 6.47. The molecule has 0 aliphatic heterocycles. The maximum absolute atomic E-state index is 5.06. The van der Waals surface area contributed by atoms with Crippen LogP contribution in [0, 0.1) is 13.8 Å². The Morgan fingerprint density at radius 2 is 2.11 bits per heavy atom. The standard InChI is InChI=1S/C14H18N2OS/c1-11-4-5-13(10-12(11)2)16-7-6-15-14(16)18-9-8-17-3/h4-7,10H,8-9H2,1-3H3. The van der Waals surface area contributed by atoms with Crippen molar-refractivity contribution in [1.82, 2.24) is 9.55 Å². The second-order valence-electron chi connectivity index (χ2n) is 4.19. The van der Waals surface area contributed by atoms with Gasteiger partial charge in [0.2, 0.25) is 0 Å². The van der Waals surface area contributed by atoms with Crippen LogP contribution in [-0.2, 0) is 4.74 Å². The van der Waals surface area contributed by atoms with Gasteiger partial charge in [-0.2, -0.15) is 0 Å². The molecule has 1 aromatic heterocycles. The average molecular weight is 262 g/mol. The number of methoxy groups -OCH3 is 1. The first kappa shape index (κ1) is 13.2. The zero-order valence-corrected chi connectivity index (χ0v) is 11.8. The molecule has 0 unspecified atom stereocenters. The number of benzene rings is 1. The van der Waals surface area contributed by atoms with Crippen LogP contribution in [-0.4, -0.2) is 29.0 Å². The predicted octanol–water partition coefficient (Wildman–Crippen LogP) is 3.23. The Hall–Kier alpha value is -1.26. The Morgan fingerprint density at radius 1 is 1.28 bits per heavy atom. The van der Waals surface area contributed by atoms with E-state index in [0.29, 0.717) is 0 Å². The van der Waals surface area contributed by atoms with Gasteiger partial charge in [0, 0.05) is 30.9 Å². The fourth-order valence-electron chi connectivity index (χ4n) is 1.68. The van der Waals surface area contributed by atoms with Gasteiger partial charge in [0.15, 0.2) is 5.16 Å². The molecule has 0 saturated carbocycles. The fourth-order valence-corrected chi connectivity index (χ4v) is 2.56. The summed E-state index contributed by atoms with van der Waals surface area (Å²) in [5.74, 6) is 0.915. The topological polar surface area (TPSA) is 27.1 Å². The van der Waals surface area contributed by atoms with Gasteiger partial charge in [-0.3, -0.25) is 4.57 Å². The minimum Gasteiger partial charge on any atom is -0.384 e. The van der Waals surface area contributed by atoms with Crippen LogP contribution in [0.2, 0.25) is 0 Å². The molecule has 0 saturated heterocycles. The number of aromatic nitrogens is 2. The molecule has 0 radical (unpaired) electrons. The molecule has 0 spiro atoms. The van der Waals surface area contributed by atoms with Crippen LogP contribution in [0.4, 0.5) is 0 Å². The molecule has 0 fully saturated rings. The maximum Gasteiger partial charge on any atom is 0.172 e. The van der Waals surface area contributed by atoms with Gasteiger partial charge in [0.1, 0.15) is 0 Å². The van der Waals surface area contributed by atoms with Crippen LogP contribution in [0.25, 0.3) is 5.69 Å². The highest BCUT2D eigenvalue weighted by atomic mass is 32.2. The first-order valence-corrected chi connectivity index (χ1v) is 6.93. The van der Waals surface area contributed by atoms with E-state index in [1.165, 1.54) is 11.1 Å². The molecule has 96 valence electrons. The normalized spacial score (nSPS) is 10.8. The van der Waals surface area contributed by atoms with Crippen molar-refractivity contribution >= 4 is 11.8 Å². The minimum absolute atomic E-state index is 0.741. The average Bonchev–Trinajstić information content (AvgIpc) is 2.81. The Bertz CT molecular complexity index is 522. The van der Waals surface area contributed by atoms with Gasteiger partial charge in [0.25, 0.3) is 0 Å². The van der Waals surface area contributed by atoms with Crippen molar-refractivity contribution < 1.29 is 4.74 Å². The number of ether oxygens (including phenoxy) is 1. The van der Waals surface area contributed by atoms with E-state index in [2.05, 4.69) is 41.6 Å². The van der Waals surface area contributed by atoms with Gasteiger partial charge in [0.05, 0.1) is 6.61 Å². The number of hydrogen-bond donors (Lipinski definition) is 0. The van der Waals surface area contributed by atoms with Crippen LogP contribution in [0.5, 0.6) is 0 Å². The van der Waals surface area contributed by atoms with Gasteiger partial charge < -0.3 is 4.74 Å². The van der Waals surface area contributed by atoms with Crippen molar-refractivity contribution in [2.45, 2.75) is 19.0 Å². The van der Waals surface area contributed by atoms with E-state index in [9.17, 15) is 0 Å². The molecule has 2 rings (SSSR count). The molecule has 0 amide bonds. The summed E-state index contributed by atoms with van der Waals surface area (Å²) in [6.07, 6.45) is 3.84. The molecule has 0 aliphatic rings. The van der Waals surface area contributed by atoms with E-state index < -0.39 is 0 Å². The van der Waals surface area contributed by atoms with Crippen molar-refractivity contribution in [3.8, 4) is 5.69 Å². The molecule has 1 aromatic carbocycles. The lowest BCUT2D eigenvalue weighted by molar-refractivity contribution is 0.218. The first-order valence-electron chi connectivity index (χ1n) is 5.95. The third-order valence-electron chi connectivity index (χ3n) is 2.89. The van der Waals surface area contributed by atoms with Crippen LogP contribution in [0.1, 0.15) is 11.1 Å². The highest BCUT2D eigenvalue weighted by Crippen LogP contribution is 2.21. The highest BCUT2D eigenvalue weighted by molar-refractivity contribution is 7.99. The second kappa shape index (κ2) is 6.07. The minimum atomic E-state index is 0.741. The summed E-state index contributed by atoms with van der Waals surface area (Å²) in [7, 11) is 1.72. The summed E-state index contributed by atoms with van der Waals surface area (Å²) >= 11 is 1.71. The Morgan fingerprint density at radius 3 is 2.83 bits per heavy atom. The summed E-state index contributed by atoms with van der Waals surface area (Å²) in [5.41, 5.74) is 3.78. The molecule has 2 aromatic rings. The zero-order valence-electron chi connectivity index (χ0n) is 11.0. The van der Waals surface area contributed by atoms with Crippen molar-refractivity contribution in [2.75, 3.05) is 19.5 Å². The molecule has 0 aliphatic carbocycles. The van der Waals surface area contributed by atoms with E-state index in [1.54, 1.807) is 18.9 Å². The molecule has 3 nitrogen and oxygen atoms in total. The molecule has 4 heteroatoms. The van der Waals surface area contributed by atoms with E-state index in [-0.39, 0.29) is 0 Å². The Balaban J connectivity index is 2.22. The number of thioether (sulfide) groups is 1. The molecule has 0 N–H and O–H groups in total. The predicted molar refractivity (Wildman–Crippen MR) is 75.6 cm³/mol. The van der Waals surface area contributed by atoms with Crippen LogP contribution >= 0.6 is 11.8 Å². The summed E-state index contributed by atoms with van der Waals surface area (Å²) in [4.78, 5) is 4.39. The molecule has 0 atom stereocenters. The molecule has 1 heterocycles. The van der Waals surface area contributed by atoms with Gasteiger partial charge in [-0.1, -0.05) is 17.8 Å². The molecular weight excluding hydrogens is 244 g/mol. The van der Waals surface area contributed by atoms with E-state index in [1.807, 2.05) is 12.4 Å². The van der Waals surface area contributed by atoms with Crippen LogP contribution < -0.4 is 0 Å². The largest absolute Gasteiger partial charge is 0.384 e. The third kappa shape index (κ3) is 2.94. The van der Waals surface area contributed by atoms with Crippen molar-refractivity contribution in [1.29, 1.82) is 0 Å². The number of hydrogen-bond acceptors (Lipinski definition) is 3. The lowest BCUT2D eigenvalue weighted by atomic mass is 10.1. The number of nitrogens with zero attached hydrogens (tertiary/aromatic N) is 2.